The molecule has 0 aliphatic rings. The lowest BCUT2D eigenvalue weighted by Crippen LogP contribution is -2.17. The average Bonchev–Trinajstić information content (AvgIpc) is 3.37. The van der Waals surface area contributed by atoms with Crippen LogP contribution in [0, 0.1) is 5.82 Å². The Kier molecular flexibility index (Phi) is 4.34. The molecule has 2 aromatic carbocycles. The van der Waals surface area contributed by atoms with E-state index < -0.39 is 0 Å². The minimum atomic E-state index is -0.322. The summed E-state index contributed by atoms with van der Waals surface area (Å²) in [6.07, 6.45) is 1.56. The lowest BCUT2D eigenvalue weighted by molar-refractivity contribution is 0.101. The Morgan fingerprint density at radius 1 is 1.21 bits per heavy atom. The number of fused-ring (bicyclic) bond motifs is 2. The predicted molar refractivity (Wildman–Crippen MR) is 112 cm³/mol. The summed E-state index contributed by atoms with van der Waals surface area (Å²) >= 11 is 7.37. The van der Waals surface area contributed by atoms with Crippen molar-refractivity contribution in [2.45, 2.75) is 6.54 Å². The van der Waals surface area contributed by atoms with Gasteiger partial charge in [0, 0.05) is 23.7 Å². The third-order valence-corrected chi connectivity index (χ3v) is 5.72. The Hall–Kier alpha value is -3.16. The zero-order valence-electron chi connectivity index (χ0n) is 14.9. The van der Waals surface area contributed by atoms with Crippen LogP contribution in [-0.4, -0.2) is 15.5 Å². The molecule has 0 radical (unpaired) electrons. The van der Waals surface area contributed by atoms with E-state index in [9.17, 15) is 9.18 Å². The molecule has 29 heavy (non-hydrogen) atoms. The van der Waals surface area contributed by atoms with E-state index in [4.69, 9.17) is 16.0 Å². The number of halogens is 2. The van der Waals surface area contributed by atoms with Gasteiger partial charge in [-0.15, -0.1) is 0 Å². The van der Waals surface area contributed by atoms with E-state index in [-0.39, 0.29) is 11.7 Å². The minimum absolute atomic E-state index is 0.321. The standard InChI is InChI=1S/C21H13ClFN3O2S/c22-13-4-5-15-19(9-13)29-21(24-15)25-20(27)17-10-18-16(6-7-28-18)26(17)11-12-2-1-3-14(23)8-12/h1-10H,11H2,(H,24,25,27). The third kappa shape index (κ3) is 3.39. The van der Waals surface area contributed by atoms with E-state index >= 15 is 0 Å². The first-order valence-corrected chi connectivity index (χ1v) is 9.95. The van der Waals surface area contributed by atoms with Crippen LogP contribution in [0.4, 0.5) is 9.52 Å². The summed E-state index contributed by atoms with van der Waals surface area (Å²) in [7, 11) is 0. The molecule has 0 atom stereocenters. The highest BCUT2D eigenvalue weighted by Crippen LogP contribution is 2.29. The van der Waals surface area contributed by atoms with E-state index in [0.717, 1.165) is 21.3 Å². The molecule has 0 saturated carbocycles. The van der Waals surface area contributed by atoms with Gasteiger partial charge in [0.05, 0.1) is 22.0 Å². The number of amides is 1. The molecular weight excluding hydrogens is 413 g/mol. The Balaban J connectivity index is 1.50. The van der Waals surface area contributed by atoms with E-state index in [0.29, 0.717) is 28.0 Å². The van der Waals surface area contributed by atoms with Crippen LogP contribution in [0.25, 0.3) is 21.3 Å². The van der Waals surface area contributed by atoms with Gasteiger partial charge in [-0.25, -0.2) is 9.37 Å². The summed E-state index contributed by atoms with van der Waals surface area (Å²) in [5.74, 6) is -0.643. The maximum Gasteiger partial charge on any atom is 0.274 e. The average molecular weight is 426 g/mol. The van der Waals surface area contributed by atoms with Crippen molar-refractivity contribution in [3.63, 3.8) is 0 Å². The van der Waals surface area contributed by atoms with Gasteiger partial charge < -0.3 is 8.98 Å². The highest BCUT2D eigenvalue weighted by molar-refractivity contribution is 7.22. The van der Waals surface area contributed by atoms with Crippen molar-refractivity contribution in [1.29, 1.82) is 0 Å². The van der Waals surface area contributed by atoms with E-state index in [1.807, 2.05) is 18.2 Å². The number of carbonyl (C=O) groups excluding carboxylic acids is 1. The monoisotopic (exact) mass is 425 g/mol. The lowest BCUT2D eigenvalue weighted by atomic mass is 10.2. The number of nitrogens with one attached hydrogen (secondary N) is 1. The molecule has 3 heterocycles. The van der Waals surface area contributed by atoms with Crippen LogP contribution >= 0.6 is 22.9 Å². The second kappa shape index (κ2) is 7.02. The minimum Gasteiger partial charge on any atom is -0.463 e. The molecule has 1 amide bonds. The Morgan fingerprint density at radius 2 is 2.10 bits per heavy atom. The van der Waals surface area contributed by atoms with Crippen molar-refractivity contribution in [2.24, 2.45) is 0 Å². The van der Waals surface area contributed by atoms with Crippen molar-refractivity contribution in [1.82, 2.24) is 9.55 Å². The summed E-state index contributed by atoms with van der Waals surface area (Å²) in [6.45, 7) is 0.332. The van der Waals surface area contributed by atoms with Crippen LogP contribution in [0.2, 0.25) is 5.02 Å². The number of anilines is 1. The number of aromatic nitrogens is 2. The third-order valence-electron chi connectivity index (χ3n) is 4.56. The van der Waals surface area contributed by atoms with Crippen molar-refractivity contribution in [3.8, 4) is 0 Å². The fourth-order valence-electron chi connectivity index (χ4n) is 3.27. The van der Waals surface area contributed by atoms with Gasteiger partial charge >= 0.3 is 0 Å². The second-order valence-corrected chi connectivity index (χ2v) is 7.97. The molecular formula is C21H13ClFN3O2S. The number of hydrogen-bond acceptors (Lipinski definition) is 4. The van der Waals surface area contributed by atoms with Crippen LogP contribution in [0.3, 0.4) is 0 Å². The first-order valence-electron chi connectivity index (χ1n) is 8.75. The van der Waals surface area contributed by atoms with E-state index in [1.165, 1.54) is 23.5 Å². The van der Waals surface area contributed by atoms with Crippen molar-refractivity contribution >= 4 is 55.3 Å². The number of benzene rings is 2. The van der Waals surface area contributed by atoms with Crippen molar-refractivity contribution in [2.75, 3.05) is 5.32 Å². The zero-order chi connectivity index (χ0) is 20.0. The summed E-state index contributed by atoms with van der Waals surface area (Å²) in [6, 6.07) is 15.1. The van der Waals surface area contributed by atoms with Gasteiger partial charge in [0.1, 0.15) is 11.5 Å². The molecule has 0 saturated heterocycles. The van der Waals surface area contributed by atoms with Gasteiger partial charge in [-0.05, 0) is 35.9 Å². The van der Waals surface area contributed by atoms with Crippen molar-refractivity contribution < 1.29 is 13.6 Å². The topological polar surface area (TPSA) is 60.1 Å². The highest BCUT2D eigenvalue weighted by atomic mass is 35.5. The Labute approximate surface area is 173 Å². The van der Waals surface area contributed by atoms with Crippen LogP contribution in [0.1, 0.15) is 16.1 Å². The molecule has 0 fully saturated rings. The fourth-order valence-corrected chi connectivity index (χ4v) is 4.40. The predicted octanol–water partition coefficient (Wildman–Crippen LogP) is 5.94. The maximum absolute atomic E-state index is 13.6. The molecule has 5 aromatic rings. The summed E-state index contributed by atoms with van der Waals surface area (Å²) in [5.41, 5.74) is 3.25. The van der Waals surface area contributed by atoms with Gasteiger partial charge in [-0.1, -0.05) is 35.1 Å². The SMILES string of the molecule is O=C(Nc1nc2ccc(Cl)cc2s1)c1cc2occc2n1Cc1cccc(F)c1. The highest BCUT2D eigenvalue weighted by Gasteiger charge is 2.19. The quantitative estimate of drug-likeness (QED) is 0.387. The number of furan rings is 1. The van der Waals surface area contributed by atoms with Crippen LogP contribution in [0.5, 0.6) is 0 Å². The van der Waals surface area contributed by atoms with E-state index in [1.54, 1.807) is 35.1 Å². The molecule has 5 rings (SSSR count). The fraction of sp³-hybridized carbons (Fsp3) is 0.0476. The second-order valence-electron chi connectivity index (χ2n) is 6.50. The largest absolute Gasteiger partial charge is 0.463 e. The molecule has 8 heteroatoms. The normalized spacial score (nSPS) is 11.4. The molecule has 144 valence electrons. The van der Waals surface area contributed by atoms with Gasteiger partial charge in [-0.3, -0.25) is 10.1 Å². The molecule has 0 unspecified atom stereocenters. The van der Waals surface area contributed by atoms with Gasteiger partial charge in [0.25, 0.3) is 5.91 Å². The smallest absolute Gasteiger partial charge is 0.274 e. The van der Waals surface area contributed by atoms with Gasteiger partial charge in [0.2, 0.25) is 0 Å². The number of rotatable bonds is 4. The maximum atomic E-state index is 13.6. The molecule has 3 aromatic heterocycles. The van der Waals surface area contributed by atoms with Crippen molar-refractivity contribution in [3.05, 3.63) is 83.0 Å². The summed E-state index contributed by atoms with van der Waals surface area (Å²) < 4.78 is 21.7. The zero-order valence-corrected chi connectivity index (χ0v) is 16.4. The molecule has 0 aliphatic carbocycles. The molecule has 0 bridgehead atoms. The summed E-state index contributed by atoms with van der Waals surface area (Å²) in [5, 5.41) is 3.93. The Morgan fingerprint density at radius 3 is 2.97 bits per heavy atom. The van der Waals surface area contributed by atoms with Crippen LogP contribution < -0.4 is 5.32 Å². The molecule has 1 N–H and O–H groups in total. The summed E-state index contributed by atoms with van der Waals surface area (Å²) in [4.78, 5) is 17.4. The lowest BCUT2D eigenvalue weighted by Gasteiger charge is -2.10. The van der Waals surface area contributed by atoms with Crippen LogP contribution in [-0.2, 0) is 6.54 Å². The number of carbonyl (C=O) groups is 1. The number of thiazole rings is 1. The van der Waals surface area contributed by atoms with E-state index in [2.05, 4.69) is 10.3 Å². The molecule has 5 nitrogen and oxygen atoms in total. The Bertz CT molecular complexity index is 1370. The molecule has 0 spiro atoms. The van der Waals surface area contributed by atoms with Crippen LogP contribution in [0.15, 0.2) is 65.3 Å². The first-order chi connectivity index (χ1) is 14.1. The number of nitrogens with zero attached hydrogens (tertiary/aromatic N) is 2. The van der Waals surface area contributed by atoms with Gasteiger partial charge in [-0.2, -0.15) is 0 Å². The number of hydrogen-bond donors (Lipinski definition) is 1. The first kappa shape index (κ1) is 17.9. The van der Waals surface area contributed by atoms with Gasteiger partial charge in [0.15, 0.2) is 10.7 Å². The molecule has 0 aliphatic heterocycles.